The van der Waals surface area contributed by atoms with Crippen LogP contribution < -0.4 is 10.6 Å². The highest BCUT2D eigenvalue weighted by atomic mass is 32.1. The Morgan fingerprint density at radius 1 is 0.952 bits per heavy atom. The summed E-state index contributed by atoms with van der Waals surface area (Å²) in [5.41, 5.74) is 2.51. The Morgan fingerprint density at radius 2 is 1.62 bits per heavy atom. The smallest absolute Gasteiger partial charge is 0.255 e. The van der Waals surface area contributed by atoms with Crippen molar-refractivity contribution in [3.63, 3.8) is 0 Å². The molecule has 0 saturated carbocycles. The number of aryl methyl sites for hydroxylation is 1. The Bertz CT molecular complexity index is 858. The van der Waals surface area contributed by atoms with Crippen molar-refractivity contribution in [2.24, 2.45) is 0 Å². The molecular weight excluding hydrogens is 284 g/mol. The minimum atomic E-state index is -0.295. The summed E-state index contributed by atoms with van der Waals surface area (Å²) < 4.78 is 2.69. The quantitative estimate of drug-likeness (QED) is 0.745. The summed E-state index contributed by atoms with van der Waals surface area (Å²) in [5, 5.41) is 0. The first-order valence-electron chi connectivity index (χ1n) is 6.59. The Morgan fingerprint density at radius 3 is 2.29 bits per heavy atom. The second kappa shape index (κ2) is 5.54. The summed E-state index contributed by atoms with van der Waals surface area (Å²) in [4.78, 5) is 24.2. The lowest BCUT2D eigenvalue weighted by atomic mass is 10.1. The third kappa shape index (κ3) is 2.73. The highest BCUT2D eigenvalue weighted by Gasteiger charge is 2.11. The van der Waals surface area contributed by atoms with Gasteiger partial charge >= 0.3 is 10.6 Å². The second-order valence-electron chi connectivity index (χ2n) is 4.84. The molecule has 5 heteroatoms. The van der Waals surface area contributed by atoms with Crippen molar-refractivity contribution < 1.29 is 0 Å². The van der Waals surface area contributed by atoms with Gasteiger partial charge in [0.25, 0.3) is 0 Å². The minimum absolute atomic E-state index is 0.246. The highest BCUT2D eigenvalue weighted by molar-refractivity contribution is 7.03. The first-order chi connectivity index (χ1) is 10.1. The molecule has 0 spiro atoms. The van der Waals surface area contributed by atoms with Gasteiger partial charge in [-0.3, -0.25) is 4.79 Å². The fraction of sp³-hybridized carbons (Fsp3) is 0.125. The second-order valence-corrected chi connectivity index (χ2v) is 5.74. The standard InChI is InChI=1S/C16H14N2O2S/c1-12-7-9-13(10-8-12)11-17-15(19)18(21-16(17)20)14-5-3-2-4-6-14/h2-10H,11H2,1H3. The van der Waals surface area contributed by atoms with Crippen molar-refractivity contribution in [2.75, 3.05) is 0 Å². The van der Waals surface area contributed by atoms with E-state index in [9.17, 15) is 9.59 Å². The zero-order chi connectivity index (χ0) is 14.8. The van der Waals surface area contributed by atoms with E-state index < -0.39 is 0 Å². The van der Waals surface area contributed by atoms with Gasteiger partial charge in [-0.15, -0.1) is 0 Å². The molecule has 1 aromatic heterocycles. The maximum atomic E-state index is 12.4. The van der Waals surface area contributed by atoms with Crippen LogP contribution in [0.4, 0.5) is 0 Å². The van der Waals surface area contributed by atoms with Gasteiger partial charge in [-0.2, -0.15) is 0 Å². The summed E-state index contributed by atoms with van der Waals surface area (Å²) in [7, 11) is 0. The molecule has 0 N–H and O–H groups in total. The van der Waals surface area contributed by atoms with Crippen molar-refractivity contribution in [1.29, 1.82) is 0 Å². The first-order valence-corrected chi connectivity index (χ1v) is 7.36. The number of benzene rings is 2. The number of hydrogen-bond donors (Lipinski definition) is 0. The van der Waals surface area contributed by atoms with Crippen LogP contribution >= 0.6 is 11.5 Å². The van der Waals surface area contributed by atoms with E-state index in [1.807, 2.05) is 61.5 Å². The molecule has 106 valence electrons. The molecule has 0 aliphatic rings. The van der Waals surface area contributed by atoms with E-state index in [1.165, 1.54) is 8.52 Å². The van der Waals surface area contributed by atoms with Gasteiger partial charge in [0.2, 0.25) is 0 Å². The lowest BCUT2D eigenvalue weighted by molar-refractivity contribution is 0.723. The number of rotatable bonds is 3. The van der Waals surface area contributed by atoms with E-state index in [2.05, 4.69) is 0 Å². The molecule has 1 heterocycles. The van der Waals surface area contributed by atoms with Crippen LogP contribution in [0.5, 0.6) is 0 Å². The Balaban J connectivity index is 2.01. The lowest BCUT2D eigenvalue weighted by Gasteiger charge is -2.02. The van der Waals surface area contributed by atoms with E-state index in [-0.39, 0.29) is 10.6 Å². The Kier molecular flexibility index (Phi) is 3.58. The SMILES string of the molecule is Cc1ccc(Cn2c(=O)sn(-c3ccccc3)c2=O)cc1. The van der Waals surface area contributed by atoms with E-state index in [1.54, 1.807) is 0 Å². The minimum Gasteiger partial charge on any atom is -0.255 e. The van der Waals surface area contributed by atoms with Gasteiger partial charge in [0, 0.05) is 11.5 Å². The van der Waals surface area contributed by atoms with Crippen molar-refractivity contribution in [1.82, 2.24) is 8.52 Å². The highest BCUT2D eigenvalue weighted by Crippen LogP contribution is 2.07. The summed E-state index contributed by atoms with van der Waals surface area (Å²) in [6.07, 6.45) is 0. The fourth-order valence-corrected chi connectivity index (χ4v) is 2.89. The van der Waals surface area contributed by atoms with Gasteiger partial charge in [-0.05, 0) is 24.6 Å². The number of para-hydroxylation sites is 1. The van der Waals surface area contributed by atoms with Crippen molar-refractivity contribution in [2.45, 2.75) is 13.5 Å². The molecule has 3 rings (SSSR count). The van der Waals surface area contributed by atoms with Crippen LogP contribution in [0.2, 0.25) is 0 Å². The molecule has 4 nitrogen and oxygen atoms in total. The fourth-order valence-electron chi connectivity index (χ4n) is 2.09. The molecule has 0 bridgehead atoms. The van der Waals surface area contributed by atoms with E-state index in [0.29, 0.717) is 12.2 Å². The largest absolute Gasteiger partial charge is 0.346 e. The maximum Gasteiger partial charge on any atom is 0.346 e. The molecular formula is C16H14N2O2S. The average Bonchev–Trinajstić information content (AvgIpc) is 2.78. The molecule has 0 atom stereocenters. The number of hydrogen-bond acceptors (Lipinski definition) is 3. The van der Waals surface area contributed by atoms with Gasteiger partial charge < -0.3 is 0 Å². The molecule has 3 aromatic rings. The van der Waals surface area contributed by atoms with Crippen LogP contribution in [0.1, 0.15) is 11.1 Å². The third-order valence-corrected chi connectivity index (χ3v) is 4.17. The molecule has 21 heavy (non-hydrogen) atoms. The molecule has 0 radical (unpaired) electrons. The van der Waals surface area contributed by atoms with Crippen LogP contribution in [-0.2, 0) is 6.54 Å². The molecule has 0 fully saturated rings. The van der Waals surface area contributed by atoms with Crippen molar-refractivity contribution in [3.8, 4) is 5.69 Å². The third-order valence-electron chi connectivity index (χ3n) is 3.25. The first kappa shape index (κ1) is 13.6. The predicted molar refractivity (Wildman–Crippen MR) is 84.5 cm³/mol. The monoisotopic (exact) mass is 298 g/mol. The summed E-state index contributed by atoms with van der Waals surface area (Å²) >= 11 is 0.928. The van der Waals surface area contributed by atoms with Crippen LogP contribution in [0.25, 0.3) is 5.69 Å². The Labute approximate surface area is 125 Å². The molecule has 2 aromatic carbocycles. The van der Waals surface area contributed by atoms with Gasteiger partial charge in [0.15, 0.2) is 0 Å². The molecule has 0 aliphatic carbocycles. The van der Waals surface area contributed by atoms with Crippen LogP contribution in [0.15, 0.2) is 64.2 Å². The van der Waals surface area contributed by atoms with Gasteiger partial charge in [-0.1, -0.05) is 48.0 Å². The lowest BCUT2D eigenvalue weighted by Crippen LogP contribution is -2.28. The van der Waals surface area contributed by atoms with Gasteiger partial charge in [0.1, 0.15) is 0 Å². The summed E-state index contributed by atoms with van der Waals surface area (Å²) in [5.74, 6) is 0. The van der Waals surface area contributed by atoms with E-state index >= 15 is 0 Å². The van der Waals surface area contributed by atoms with Crippen molar-refractivity contribution in [3.05, 3.63) is 85.9 Å². The maximum absolute atomic E-state index is 12.4. The number of aromatic nitrogens is 2. The van der Waals surface area contributed by atoms with Crippen LogP contribution in [0.3, 0.4) is 0 Å². The topological polar surface area (TPSA) is 44.0 Å². The normalized spacial score (nSPS) is 10.7. The zero-order valence-electron chi connectivity index (χ0n) is 11.5. The average molecular weight is 298 g/mol. The molecule has 0 aliphatic heterocycles. The van der Waals surface area contributed by atoms with Crippen LogP contribution in [0, 0.1) is 6.92 Å². The van der Waals surface area contributed by atoms with Gasteiger partial charge in [-0.25, -0.2) is 13.3 Å². The number of nitrogens with zero attached hydrogens (tertiary/aromatic N) is 2. The molecule has 0 saturated heterocycles. The van der Waals surface area contributed by atoms with Crippen molar-refractivity contribution >= 4 is 11.5 Å². The summed E-state index contributed by atoms with van der Waals surface area (Å²) in [6.45, 7) is 2.30. The summed E-state index contributed by atoms with van der Waals surface area (Å²) in [6, 6.07) is 17.0. The zero-order valence-corrected chi connectivity index (χ0v) is 12.3. The Hall–Kier alpha value is -2.40. The van der Waals surface area contributed by atoms with Gasteiger partial charge in [0.05, 0.1) is 12.2 Å². The van der Waals surface area contributed by atoms with E-state index in [4.69, 9.17) is 0 Å². The molecule has 0 amide bonds. The molecule has 0 unspecified atom stereocenters. The van der Waals surface area contributed by atoms with Crippen LogP contribution in [-0.4, -0.2) is 8.52 Å². The predicted octanol–water partition coefficient (Wildman–Crippen LogP) is 2.42. The van der Waals surface area contributed by atoms with E-state index in [0.717, 1.165) is 22.7 Å².